The van der Waals surface area contributed by atoms with Crippen LogP contribution in [-0.2, 0) is 11.2 Å². The Morgan fingerprint density at radius 2 is 1.83 bits per heavy atom. The summed E-state index contributed by atoms with van der Waals surface area (Å²) in [7, 11) is 1.65. The molecule has 6 heteroatoms. The maximum Gasteiger partial charge on any atom is 0.260 e. The monoisotopic (exact) mass is 410 g/mol. The lowest BCUT2D eigenvalue weighted by Gasteiger charge is -2.15. The number of thiazole rings is 1. The third-order valence-corrected chi connectivity index (χ3v) is 5.67. The smallest absolute Gasteiger partial charge is 0.260 e. The van der Waals surface area contributed by atoms with Crippen LogP contribution in [0, 0.1) is 13.8 Å². The molecule has 29 heavy (non-hydrogen) atoms. The number of methoxy groups -OCH3 is 1. The van der Waals surface area contributed by atoms with Gasteiger partial charge in [0, 0.05) is 23.9 Å². The van der Waals surface area contributed by atoms with Crippen LogP contribution in [0.25, 0.3) is 10.6 Å². The third-order valence-electron chi connectivity index (χ3n) is 4.73. The summed E-state index contributed by atoms with van der Waals surface area (Å²) in [5.41, 5.74) is 4.36. The van der Waals surface area contributed by atoms with E-state index in [9.17, 15) is 4.79 Å². The molecular weight excluding hydrogens is 384 g/mol. The zero-order valence-electron chi connectivity index (χ0n) is 17.2. The number of aromatic nitrogens is 1. The third kappa shape index (κ3) is 5.57. The van der Waals surface area contributed by atoms with E-state index in [2.05, 4.69) is 10.3 Å². The van der Waals surface area contributed by atoms with Gasteiger partial charge in [0.2, 0.25) is 0 Å². The molecule has 0 aliphatic heterocycles. The van der Waals surface area contributed by atoms with Crippen LogP contribution >= 0.6 is 11.3 Å². The molecule has 1 aromatic heterocycles. The minimum atomic E-state index is -0.553. The van der Waals surface area contributed by atoms with Crippen LogP contribution in [0.5, 0.6) is 11.5 Å². The molecule has 0 saturated heterocycles. The predicted octanol–water partition coefficient (Wildman–Crippen LogP) is 4.56. The van der Waals surface area contributed by atoms with Crippen LogP contribution in [0.2, 0.25) is 0 Å². The summed E-state index contributed by atoms with van der Waals surface area (Å²) in [5, 5.41) is 5.91. The number of rotatable bonds is 8. The van der Waals surface area contributed by atoms with Gasteiger partial charge in [-0.05, 0) is 68.3 Å². The second kappa shape index (κ2) is 9.56. The quantitative estimate of drug-likeness (QED) is 0.591. The van der Waals surface area contributed by atoms with Gasteiger partial charge in [-0.1, -0.05) is 6.07 Å². The van der Waals surface area contributed by atoms with Crippen LogP contribution in [0.15, 0.2) is 47.8 Å². The zero-order valence-corrected chi connectivity index (χ0v) is 18.0. The highest BCUT2D eigenvalue weighted by molar-refractivity contribution is 7.13. The van der Waals surface area contributed by atoms with Gasteiger partial charge in [0.25, 0.3) is 5.91 Å². The van der Waals surface area contributed by atoms with Gasteiger partial charge in [0.05, 0.1) is 12.8 Å². The van der Waals surface area contributed by atoms with Crippen molar-refractivity contribution in [2.24, 2.45) is 0 Å². The molecule has 3 rings (SSSR count). The highest BCUT2D eigenvalue weighted by atomic mass is 32.1. The molecule has 1 N–H and O–H groups in total. The maximum absolute atomic E-state index is 12.3. The van der Waals surface area contributed by atoms with Crippen molar-refractivity contribution in [2.45, 2.75) is 33.3 Å². The molecule has 1 atom stereocenters. The molecule has 0 bridgehead atoms. The average Bonchev–Trinajstić information content (AvgIpc) is 3.19. The number of hydrogen-bond acceptors (Lipinski definition) is 5. The van der Waals surface area contributed by atoms with Crippen molar-refractivity contribution in [2.75, 3.05) is 13.7 Å². The summed E-state index contributed by atoms with van der Waals surface area (Å²) < 4.78 is 10.9. The molecule has 0 fully saturated rings. The Kier molecular flexibility index (Phi) is 6.88. The van der Waals surface area contributed by atoms with Gasteiger partial charge in [-0.3, -0.25) is 4.79 Å². The second-order valence-corrected chi connectivity index (χ2v) is 7.78. The van der Waals surface area contributed by atoms with Gasteiger partial charge in [0.1, 0.15) is 16.5 Å². The number of amides is 1. The van der Waals surface area contributed by atoms with Gasteiger partial charge in [-0.2, -0.15) is 0 Å². The van der Waals surface area contributed by atoms with Gasteiger partial charge in [-0.15, -0.1) is 11.3 Å². The summed E-state index contributed by atoms with van der Waals surface area (Å²) in [6.45, 7) is 6.36. The highest BCUT2D eigenvalue weighted by Crippen LogP contribution is 2.25. The van der Waals surface area contributed by atoms with Crippen LogP contribution < -0.4 is 14.8 Å². The first kappa shape index (κ1) is 20.9. The van der Waals surface area contributed by atoms with Gasteiger partial charge in [0.15, 0.2) is 6.10 Å². The van der Waals surface area contributed by atoms with Crippen molar-refractivity contribution in [1.82, 2.24) is 10.3 Å². The number of benzene rings is 2. The number of ether oxygens (including phenoxy) is 2. The molecule has 0 saturated carbocycles. The van der Waals surface area contributed by atoms with Crippen molar-refractivity contribution in [3.8, 4) is 22.1 Å². The van der Waals surface area contributed by atoms with E-state index < -0.39 is 6.10 Å². The molecule has 1 amide bonds. The molecule has 0 radical (unpaired) electrons. The Hall–Kier alpha value is -2.86. The fourth-order valence-electron chi connectivity index (χ4n) is 2.79. The van der Waals surface area contributed by atoms with Gasteiger partial charge < -0.3 is 14.8 Å². The summed E-state index contributed by atoms with van der Waals surface area (Å²) in [6, 6.07) is 13.7. The first-order valence-corrected chi connectivity index (χ1v) is 10.4. The van der Waals surface area contributed by atoms with Crippen LogP contribution in [-0.4, -0.2) is 30.6 Å². The average molecular weight is 411 g/mol. The predicted molar refractivity (Wildman–Crippen MR) is 117 cm³/mol. The van der Waals surface area contributed by atoms with Crippen LogP contribution in [0.3, 0.4) is 0 Å². The molecule has 3 aromatic rings. The summed E-state index contributed by atoms with van der Waals surface area (Å²) >= 11 is 1.60. The Morgan fingerprint density at radius 1 is 1.10 bits per heavy atom. The molecular formula is C23H26N2O3S. The zero-order chi connectivity index (χ0) is 20.8. The highest BCUT2D eigenvalue weighted by Gasteiger charge is 2.15. The van der Waals surface area contributed by atoms with Crippen molar-refractivity contribution in [3.05, 3.63) is 64.7 Å². The molecule has 5 nitrogen and oxygen atoms in total. The van der Waals surface area contributed by atoms with Crippen molar-refractivity contribution >= 4 is 17.2 Å². The SMILES string of the molecule is COc1ccc(-c2nc(CCNC(=O)[C@@H](C)Oc3ccc(C)c(C)c3)cs2)cc1. The Bertz CT molecular complexity index is 967. The fraction of sp³-hybridized carbons (Fsp3) is 0.304. The van der Waals surface area contributed by atoms with E-state index in [1.807, 2.05) is 61.7 Å². The number of carbonyl (C=O) groups is 1. The Morgan fingerprint density at radius 3 is 2.52 bits per heavy atom. The van der Waals surface area contributed by atoms with E-state index in [4.69, 9.17) is 9.47 Å². The molecule has 1 heterocycles. The van der Waals surface area contributed by atoms with Crippen molar-refractivity contribution in [1.29, 1.82) is 0 Å². The number of carbonyl (C=O) groups excluding carboxylic acids is 1. The van der Waals surface area contributed by atoms with Crippen LogP contribution in [0.1, 0.15) is 23.7 Å². The second-order valence-electron chi connectivity index (χ2n) is 6.92. The first-order chi connectivity index (χ1) is 14.0. The number of hydrogen-bond donors (Lipinski definition) is 1. The Balaban J connectivity index is 1.48. The van der Waals surface area contributed by atoms with E-state index in [0.29, 0.717) is 18.7 Å². The maximum atomic E-state index is 12.3. The lowest BCUT2D eigenvalue weighted by atomic mass is 10.1. The summed E-state index contributed by atoms with van der Waals surface area (Å²) in [6.07, 6.45) is 0.122. The van der Waals surface area contributed by atoms with E-state index in [-0.39, 0.29) is 5.91 Å². The van der Waals surface area contributed by atoms with E-state index in [0.717, 1.165) is 27.6 Å². The van der Waals surface area contributed by atoms with Gasteiger partial charge >= 0.3 is 0 Å². The number of nitrogens with one attached hydrogen (secondary N) is 1. The molecule has 0 aliphatic carbocycles. The molecule has 152 valence electrons. The van der Waals surface area contributed by atoms with Crippen LogP contribution in [0.4, 0.5) is 0 Å². The van der Waals surface area contributed by atoms with Crippen molar-refractivity contribution in [3.63, 3.8) is 0 Å². The standard InChI is InChI=1S/C23H26N2O3S/c1-15-5-8-21(13-16(15)2)28-17(3)22(26)24-12-11-19-14-29-23(25-19)18-6-9-20(27-4)10-7-18/h5-10,13-14,17H,11-12H2,1-4H3,(H,24,26)/t17-/m1/s1. The topological polar surface area (TPSA) is 60.5 Å². The van der Waals surface area contributed by atoms with Crippen molar-refractivity contribution < 1.29 is 14.3 Å². The lowest BCUT2D eigenvalue weighted by Crippen LogP contribution is -2.37. The summed E-state index contributed by atoms with van der Waals surface area (Å²) in [5.74, 6) is 1.40. The molecule has 2 aromatic carbocycles. The number of aryl methyl sites for hydroxylation is 2. The number of nitrogens with zero attached hydrogens (tertiary/aromatic N) is 1. The van der Waals surface area contributed by atoms with Gasteiger partial charge in [-0.25, -0.2) is 4.98 Å². The largest absolute Gasteiger partial charge is 0.497 e. The van der Waals surface area contributed by atoms with E-state index in [1.54, 1.807) is 25.4 Å². The minimum Gasteiger partial charge on any atom is -0.497 e. The molecule has 0 unspecified atom stereocenters. The lowest BCUT2D eigenvalue weighted by molar-refractivity contribution is -0.127. The summed E-state index contributed by atoms with van der Waals surface area (Å²) in [4.78, 5) is 17.0. The van der Waals surface area contributed by atoms with E-state index in [1.165, 1.54) is 5.56 Å². The normalized spacial score (nSPS) is 11.7. The minimum absolute atomic E-state index is 0.131. The molecule has 0 aliphatic rings. The van der Waals surface area contributed by atoms with E-state index >= 15 is 0 Å². The Labute approximate surface area is 175 Å². The fourth-order valence-corrected chi connectivity index (χ4v) is 3.65. The first-order valence-electron chi connectivity index (χ1n) is 9.56. The molecule has 0 spiro atoms.